The lowest BCUT2D eigenvalue weighted by atomic mass is 9.73. The smallest absolute Gasteiger partial charge is 0.235 e. The van der Waals surface area contributed by atoms with Crippen molar-refractivity contribution in [2.24, 2.45) is 0 Å². The molecule has 2 heterocycles. The van der Waals surface area contributed by atoms with Crippen LogP contribution in [0.1, 0.15) is 18.4 Å². The van der Waals surface area contributed by atoms with Gasteiger partial charge >= 0.3 is 0 Å². The van der Waals surface area contributed by atoms with Crippen LogP contribution in [-0.2, 0) is 14.9 Å². The lowest BCUT2D eigenvalue weighted by molar-refractivity contribution is -0.125. The summed E-state index contributed by atoms with van der Waals surface area (Å²) in [6.45, 7) is 1.24. The Morgan fingerprint density at radius 1 is 0.964 bits per heavy atom. The highest BCUT2D eigenvalue weighted by atomic mass is 16.7. The zero-order valence-corrected chi connectivity index (χ0v) is 15.9. The zero-order chi connectivity index (χ0) is 19.6. The van der Waals surface area contributed by atoms with Gasteiger partial charge in [-0.2, -0.15) is 0 Å². The summed E-state index contributed by atoms with van der Waals surface area (Å²) in [5.41, 5.74) is 0.846. The zero-order valence-electron chi connectivity index (χ0n) is 15.9. The molecule has 0 saturated carbocycles. The molecule has 4 rings (SSSR count). The predicted octanol–water partition coefficient (Wildman–Crippen LogP) is 3.12. The molecule has 0 unspecified atom stereocenters. The van der Waals surface area contributed by atoms with Crippen LogP contribution in [0, 0.1) is 0 Å². The standard InChI is InChI=1S/C21H23NO6/c1-24-16-6-4-15(12-18(16)25-2)22-20(23)21(7-9-26-10-8-21)14-3-5-17-19(11-14)28-13-27-17/h3-6,11-12H,7-10,13H2,1-2H3,(H,22,23). The van der Waals surface area contributed by atoms with Crippen LogP contribution in [0.3, 0.4) is 0 Å². The lowest BCUT2D eigenvalue weighted by Gasteiger charge is -2.36. The fraction of sp³-hybridized carbons (Fsp3) is 0.381. The molecule has 1 fully saturated rings. The van der Waals surface area contributed by atoms with E-state index in [-0.39, 0.29) is 12.7 Å². The summed E-state index contributed by atoms with van der Waals surface area (Å²) in [5, 5.41) is 3.04. The molecular weight excluding hydrogens is 362 g/mol. The highest BCUT2D eigenvalue weighted by molar-refractivity contribution is 5.99. The van der Waals surface area contributed by atoms with E-state index in [1.54, 1.807) is 32.4 Å². The first kappa shape index (κ1) is 18.4. The number of hydrogen-bond donors (Lipinski definition) is 1. The quantitative estimate of drug-likeness (QED) is 0.852. The van der Waals surface area contributed by atoms with E-state index in [9.17, 15) is 4.79 Å². The molecule has 0 spiro atoms. The molecule has 148 valence electrons. The van der Waals surface area contributed by atoms with Gasteiger partial charge in [0.1, 0.15) is 0 Å². The molecule has 0 radical (unpaired) electrons. The van der Waals surface area contributed by atoms with Gasteiger partial charge in [-0.1, -0.05) is 6.07 Å². The fourth-order valence-corrected chi connectivity index (χ4v) is 3.73. The van der Waals surface area contributed by atoms with Gasteiger partial charge in [-0.05, 0) is 42.7 Å². The van der Waals surface area contributed by atoms with Gasteiger partial charge in [0, 0.05) is 25.0 Å². The number of hydrogen-bond acceptors (Lipinski definition) is 6. The summed E-state index contributed by atoms with van der Waals surface area (Å²) in [6.07, 6.45) is 1.18. The molecule has 1 N–H and O–H groups in total. The molecule has 28 heavy (non-hydrogen) atoms. The number of methoxy groups -OCH3 is 2. The third-order valence-corrected chi connectivity index (χ3v) is 5.35. The SMILES string of the molecule is COc1ccc(NC(=O)C2(c3ccc4c(c3)OCO4)CCOCC2)cc1OC. The number of carbonyl (C=O) groups excluding carboxylic acids is 1. The minimum Gasteiger partial charge on any atom is -0.493 e. The largest absolute Gasteiger partial charge is 0.493 e. The number of nitrogens with one attached hydrogen (secondary N) is 1. The van der Waals surface area contributed by atoms with Crippen molar-refractivity contribution < 1.29 is 28.5 Å². The molecule has 2 aliphatic rings. The summed E-state index contributed by atoms with van der Waals surface area (Å²) in [4.78, 5) is 13.4. The lowest BCUT2D eigenvalue weighted by Crippen LogP contribution is -2.44. The second kappa shape index (κ2) is 7.59. The van der Waals surface area contributed by atoms with Crippen molar-refractivity contribution in [2.45, 2.75) is 18.3 Å². The minimum absolute atomic E-state index is 0.0816. The van der Waals surface area contributed by atoms with Crippen molar-refractivity contribution >= 4 is 11.6 Å². The van der Waals surface area contributed by atoms with Crippen molar-refractivity contribution in [1.29, 1.82) is 0 Å². The maximum Gasteiger partial charge on any atom is 0.235 e. The van der Waals surface area contributed by atoms with Gasteiger partial charge in [-0.15, -0.1) is 0 Å². The molecule has 0 aliphatic carbocycles. The number of rotatable bonds is 5. The Morgan fingerprint density at radius 3 is 2.46 bits per heavy atom. The maximum atomic E-state index is 13.4. The highest BCUT2D eigenvalue weighted by Crippen LogP contribution is 2.42. The van der Waals surface area contributed by atoms with Gasteiger partial charge < -0.3 is 29.0 Å². The molecule has 2 aromatic rings. The van der Waals surface area contributed by atoms with Crippen LogP contribution in [0.15, 0.2) is 36.4 Å². The molecule has 0 atom stereocenters. The number of anilines is 1. The maximum absolute atomic E-state index is 13.4. The average molecular weight is 385 g/mol. The molecule has 2 aliphatic heterocycles. The van der Waals surface area contributed by atoms with Crippen molar-refractivity contribution in [3.8, 4) is 23.0 Å². The number of amides is 1. The van der Waals surface area contributed by atoms with Gasteiger partial charge in [0.05, 0.1) is 19.6 Å². The second-order valence-corrected chi connectivity index (χ2v) is 6.79. The number of benzene rings is 2. The van der Waals surface area contributed by atoms with Crippen LogP contribution < -0.4 is 24.3 Å². The Bertz CT molecular complexity index is 875. The minimum atomic E-state index is -0.702. The van der Waals surface area contributed by atoms with E-state index in [0.29, 0.717) is 54.7 Å². The molecule has 2 aromatic carbocycles. The van der Waals surface area contributed by atoms with Crippen LogP contribution in [0.2, 0.25) is 0 Å². The van der Waals surface area contributed by atoms with E-state index in [4.69, 9.17) is 23.7 Å². The Morgan fingerprint density at radius 2 is 1.71 bits per heavy atom. The molecule has 0 bridgehead atoms. The third kappa shape index (κ3) is 3.22. The highest BCUT2D eigenvalue weighted by Gasteiger charge is 2.42. The predicted molar refractivity (Wildman–Crippen MR) is 102 cm³/mol. The third-order valence-electron chi connectivity index (χ3n) is 5.35. The van der Waals surface area contributed by atoms with Gasteiger partial charge in [0.15, 0.2) is 23.0 Å². The van der Waals surface area contributed by atoms with Gasteiger partial charge in [0.25, 0.3) is 0 Å². The monoisotopic (exact) mass is 385 g/mol. The van der Waals surface area contributed by atoms with E-state index in [0.717, 1.165) is 5.56 Å². The molecule has 1 saturated heterocycles. The van der Waals surface area contributed by atoms with E-state index in [1.165, 1.54) is 0 Å². The summed E-state index contributed by atoms with van der Waals surface area (Å²) in [7, 11) is 3.14. The molecule has 0 aromatic heterocycles. The van der Waals surface area contributed by atoms with Crippen LogP contribution in [0.25, 0.3) is 0 Å². The van der Waals surface area contributed by atoms with Gasteiger partial charge in [0.2, 0.25) is 12.7 Å². The fourth-order valence-electron chi connectivity index (χ4n) is 3.73. The molecule has 1 amide bonds. The topological polar surface area (TPSA) is 75.3 Å². The molecule has 7 nitrogen and oxygen atoms in total. The second-order valence-electron chi connectivity index (χ2n) is 6.79. The van der Waals surface area contributed by atoms with Crippen LogP contribution in [0.4, 0.5) is 5.69 Å². The first-order chi connectivity index (χ1) is 13.7. The summed E-state index contributed by atoms with van der Waals surface area (Å²) in [6, 6.07) is 11.0. The van der Waals surface area contributed by atoms with E-state index in [2.05, 4.69) is 5.32 Å². The Hall–Kier alpha value is -2.93. The summed E-state index contributed by atoms with van der Waals surface area (Å²) < 4.78 is 27.1. The van der Waals surface area contributed by atoms with Crippen molar-refractivity contribution in [2.75, 3.05) is 39.5 Å². The first-order valence-corrected chi connectivity index (χ1v) is 9.17. The van der Waals surface area contributed by atoms with Crippen molar-refractivity contribution in [1.82, 2.24) is 0 Å². The number of carbonyl (C=O) groups is 1. The number of ether oxygens (including phenoxy) is 5. The molecule has 7 heteroatoms. The van der Waals surface area contributed by atoms with Crippen molar-refractivity contribution in [3.05, 3.63) is 42.0 Å². The number of fused-ring (bicyclic) bond motifs is 1. The Balaban J connectivity index is 1.65. The Labute approximate surface area is 163 Å². The summed E-state index contributed by atoms with van der Waals surface area (Å²) >= 11 is 0. The van der Waals surface area contributed by atoms with E-state index < -0.39 is 5.41 Å². The van der Waals surface area contributed by atoms with Crippen molar-refractivity contribution in [3.63, 3.8) is 0 Å². The molecular formula is C21H23NO6. The van der Waals surface area contributed by atoms with Gasteiger partial charge in [-0.3, -0.25) is 4.79 Å². The first-order valence-electron chi connectivity index (χ1n) is 9.17. The Kier molecular flexibility index (Phi) is 5.00. The summed E-state index contributed by atoms with van der Waals surface area (Å²) in [5.74, 6) is 2.46. The van der Waals surface area contributed by atoms with Gasteiger partial charge in [-0.25, -0.2) is 0 Å². The average Bonchev–Trinajstić information content (AvgIpc) is 3.22. The van der Waals surface area contributed by atoms with E-state index >= 15 is 0 Å². The van der Waals surface area contributed by atoms with Crippen LogP contribution in [0.5, 0.6) is 23.0 Å². The van der Waals surface area contributed by atoms with Crippen LogP contribution >= 0.6 is 0 Å². The van der Waals surface area contributed by atoms with Crippen LogP contribution in [-0.4, -0.2) is 40.1 Å². The van der Waals surface area contributed by atoms with E-state index in [1.807, 2.05) is 18.2 Å². The normalized spacial score (nSPS) is 17.1.